The van der Waals surface area contributed by atoms with Gasteiger partial charge in [0.15, 0.2) is 17.3 Å². The first kappa shape index (κ1) is 17.1. The van der Waals surface area contributed by atoms with Crippen molar-refractivity contribution < 1.29 is 47.6 Å². The number of hydrogen-bond donors (Lipinski definition) is 1. The quantitative estimate of drug-likeness (QED) is 0.525. The van der Waals surface area contributed by atoms with E-state index in [1.165, 1.54) is 0 Å². The Balaban J connectivity index is 0. The van der Waals surface area contributed by atoms with Crippen molar-refractivity contribution in [1.82, 2.24) is 0 Å². The van der Waals surface area contributed by atoms with Crippen LogP contribution in [0.5, 0.6) is 0 Å². The van der Waals surface area contributed by atoms with Gasteiger partial charge in [-0.2, -0.15) is 0 Å². The van der Waals surface area contributed by atoms with Crippen LogP contribution in [0.2, 0.25) is 0 Å². The summed E-state index contributed by atoms with van der Waals surface area (Å²) in [5.41, 5.74) is -2.67. The van der Waals surface area contributed by atoms with Crippen LogP contribution in [0.15, 0.2) is 0 Å². The molecule has 16 heavy (non-hydrogen) atoms. The summed E-state index contributed by atoms with van der Waals surface area (Å²) in [5, 5.41) is 8.46. The molecule has 0 atom stereocenters. The molecule has 0 heterocycles. The smallest absolute Gasteiger partial charge is 0.374 e. The largest absolute Gasteiger partial charge is 0.475 e. The third-order valence-corrected chi connectivity index (χ3v) is 2.12. The van der Waals surface area contributed by atoms with Crippen molar-refractivity contribution in [3.63, 3.8) is 0 Å². The summed E-state index contributed by atoms with van der Waals surface area (Å²) in [5.74, 6) is -6.90. The summed E-state index contributed by atoms with van der Waals surface area (Å²) in [6.07, 6.45) is 0. The Morgan fingerprint density at radius 1 is 0.812 bits per heavy atom. The zero-order chi connectivity index (χ0) is 12.4. The molecule has 1 radical (unpaired) electrons. The summed E-state index contributed by atoms with van der Waals surface area (Å²) in [4.78, 5) is 55.2. The molecule has 87 valence electrons. The molecule has 0 aromatic rings. The van der Waals surface area contributed by atoms with Gasteiger partial charge in [0.2, 0.25) is 5.41 Å². The second-order valence-corrected chi connectivity index (χ2v) is 3.05. The van der Waals surface area contributed by atoms with E-state index in [0.29, 0.717) is 0 Å². The fourth-order valence-corrected chi connectivity index (χ4v) is 1.38. The molecule has 0 bridgehead atoms. The molecule has 0 spiro atoms. The topological polar surface area (TPSA) is 106 Å². The van der Waals surface area contributed by atoms with Gasteiger partial charge >= 0.3 is 5.97 Å². The summed E-state index contributed by atoms with van der Waals surface area (Å²) in [6, 6.07) is 0. The van der Waals surface area contributed by atoms with Crippen molar-refractivity contribution in [2.75, 3.05) is 0 Å². The van der Waals surface area contributed by atoms with Crippen LogP contribution in [0.4, 0.5) is 0 Å². The molecule has 0 aliphatic heterocycles. The molecule has 0 aromatic heterocycles. The van der Waals surface area contributed by atoms with E-state index in [9.17, 15) is 24.0 Å². The molecule has 0 fully saturated rings. The number of hydrogen-bond acceptors (Lipinski definition) is 5. The van der Waals surface area contributed by atoms with Gasteiger partial charge in [0.25, 0.3) is 5.78 Å². The third kappa shape index (κ3) is 2.45. The molecule has 1 N–H and O–H groups in total. The van der Waals surface area contributed by atoms with Gasteiger partial charge in [-0.05, 0) is 20.8 Å². The van der Waals surface area contributed by atoms with Crippen LogP contribution in [0.25, 0.3) is 0 Å². The van der Waals surface area contributed by atoms with Gasteiger partial charge in [0.05, 0.1) is 0 Å². The first-order valence-corrected chi connectivity index (χ1v) is 3.99. The van der Waals surface area contributed by atoms with Crippen LogP contribution < -0.4 is 0 Å². The number of carbonyl (C=O) groups is 5. The molecule has 0 saturated carbocycles. The van der Waals surface area contributed by atoms with E-state index in [4.69, 9.17) is 5.11 Å². The molecule has 0 aliphatic rings. The Hall–Kier alpha value is -1.27. The molecule has 0 saturated heterocycles. The maximum Gasteiger partial charge on any atom is 0.374 e. The van der Waals surface area contributed by atoms with Crippen LogP contribution in [0.1, 0.15) is 20.8 Å². The number of rotatable bonds is 5. The molecule has 0 amide bonds. The minimum atomic E-state index is -2.67. The van der Waals surface area contributed by atoms with Crippen LogP contribution in [-0.4, -0.2) is 34.2 Å². The Morgan fingerprint density at radius 2 is 1.06 bits per heavy atom. The van der Waals surface area contributed by atoms with Crippen molar-refractivity contribution in [3.05, 3.63) is 0 Å². The molecule has 6 nitrogen and oxygen atoms in total. The average Bonchev–Trinajstić information content (AvgIpc) is 2.02. The third-order valence-electron chi connectivity index (χ3n) is 2.12. The summed E-state index contributed by atoms with van der Waals surface area (Å²) >= 11 is 0. The van der Waals surface area contributed by atoms with Crippen molar-refractivity contribution in [2.45, 2.75) is 20.8 Å². The summed E-state index contributed by atoms with van der Waals surface area (Å²) in [6.45, 7) is 2.51. The molecule has 7 heteroatoms. The molecule has 0 aromatic carbocycles. The van der Waals surface area contributed by atoms with Crippen molar-refractivity contribution in [2.24, 2.45) is 5.41 Å². The molecule has 0 rings (SSSR count). The molecule has 0 aliphatic carbocycles. The van der Waals surface area contributed by atoms with E-state index < -0.39 is 34.5 Å². The van der Waals surface area contributed by atoms with E-state index in [1.807, 2.05) is 0 Å². The van der Waals surface area contributed by atoms with Crippen molar-refractivity contribution >= 4 is 29.1 Å². The number of carboxylic acid groups (broad SMARTS) is 1. The van der Waals surface area contributed by atoms with Gasteiger partial charge in [0.1, 0.15) is 0 Å². The molecular formula is C9H10O6V. The minimum Gasteiger partial charge on any atom is -0.475 e. The van der Waals surface area contributed by atoms with E-state index in [2.05, 4.69) is 0 Å². The summed E-state index contributed by atoms with van der Waals surface area (Å²) in [7, 11) is 0. The predicted molar refractivity (Wildman–Crippen MR) is 47.1 cm³/mol. The van der Waals surface area contributed by atoms with Gasteiger partial charge in [-0.1, -0.05) is 0 Å². The average molecular weight is 265 g/mol. The van der Waals surface area contributed by atoms with Crippen LogP contribution in [0, 0.1) is 5.41 Å². The second-order valence-electron chi connectivity index (χ2n) is 3.05. The normalized spacial score (nSPS) is 9.94. The van der Waals surface area contributed by atoms with Gasteiger partial charge in [0, 0.05) is 18.6 Å². The summed E-state index contributed by atoms with van der Waals surface area (Å²) < 4.78 is 0. The van der Waals surface area contributed by atoms with E-state index in [-0.39, 0.29) is 18.6 Å². The van der Waals surface area contributed by atoms with E-state index in [1.54, 1.807) is 0 Å². The predicted octanol–water partition coefficient (Wildman–Crippen LogP) is -0.609. The van der Waals surface area contributed by atoms with E-state index >= 15 is 0 Å². The minimum absolute atomic E-state index is 0. The second kappa shape index (κ2) is 5.72. The Kier molecular flexibility index (Phi) is 6.13. The first-order valence-electron chi connectivity index (χ1n) is 3.99. The van der Waals surface area contributed by atoms with Gasteiger partial charge in [-0.3, -0.25) is 19.2 Å². The SMILES string of the molecule is CC(=O)C(C(C)=O)(C(C)=O)C(=O)C(=O)O.[V]. The Bertz CT molecular complexity index is 334. The van der Waals surface area contributed by atoms with Crippen LogP contribution in [-0.2, 0) is 42.5 Å². The van der Waals surface area contributed by atoms with Crippen molar-refractivity contribution in [3.8, 4) is 0 Å². The van der Waals surface area contributed by atoms with Crippen molar-refractivity contribution in [1.29, 1.82) is 0 Å². The van der Waals surface area contributed by atoms with Gasteiger partial charge < -0.3 is 5.11 Å². The fourth-order valence-electron chi connectivity index (χ4n) is 1.38. The fraction of sp³-hybridized carbons (Fsp3) is 0.444. The monoisotopic (exact) mass is 265 g/mol. The molecular weight excluding hydrogens is 255 g/mol. The number of carbonyl (C=O) groups excluding carboxylic acids is 4. The van der Waals surface area contributed by atoms with Crippen LogP contribution >= 0.6 is 0 Å². The van der Waals surface area contributed by atoms with Gasteiger partial charge in [-0.25, -0.2) is 4.79 Å². The van der Waals surface area contributed by atoms with Gasteiger partial charge in [-0.15, -0.1) is 0 Å². The standard InChI is InChI=1S/C9H10O6.V/c1-4(10)9(5(2)11,6(3)12)7(13)8(14)15;/h1-3H3,(H,14,15);. The van der Waals surface area contributed by atoms with E-state index in [0.717, 1.165) is 20.8 Å². The first-order chi connectivity index (χ1) is 6.68. The number of aliphatic carboxylic acids is 1. The maximum atomic E-state index is 11.2. The zero-order valence-corrected chi connectivity index (χ0v) is 10.3. The maximum absolute atomic E-state index is 11.2. The number of Topliss-reactive ketones (excluding diaryl/α,β-unsaturated/α-hetero) is 4. The number of carboxylic acids is 1. The zero-order valence-electron chi connectivity index (χ0n) is 8.94. The van der Waals surface area contributed by atoms with Crippen LogP contribution in [0.3, 0.4) is 0 Å². The number of ketones is 4. The Morgan fingerprint density at radius 3 is 1.12 bits per heavy atom. The molecule has 0 unspecified atom stereocenters. The Labute approximate surface area is 103 Å².